The van der Waals surface area contributed by atoms with Crippen molar-refractivity contribution < 1.29 is 18.9 Å². The van der Waals surface area contributed by atoms with E-state index in [-0.39, 0.29) is 5.95 Å². The quantitative estimate of drug-likeness (QED) is 0.570. The summed E-state index contributed by atoms with van der Waals surface area (Å²) in [6.45, 7) is 3.08. The van der Waals surface area contributed by atoms with Gasteiger partial charge in [-0.3, -0.25) is 0 Å². The Kier molecular flexibility index (Phi) is 6.41. The number of nitrogens with one attached hydrogen (secondary N) is 1. The molecule has 0 aliphatic carbocycles. The predicted molar refractivity (Wildman–Crippen MR) is 122 cm³/mol. The van der Waals surface area contributed by atoms with Gasteiger partial charge in [0.05, 0.1) is 40.2 Å². The van der Waals surface area contributed by atoms with E-state index in [0.29, 0.717) is 47.7 Å². The summed E-state index contributed by atoms with van der Waals surface area (Å²) < 4.78 is 21.6. The molecule has 168 valence electrons. The molecule has 10 heteroatoms. The third kappa shape index (κ3) is 4.59. The summed E-state index contributed by atoms with van der Waals surface area (Å²) in [5.41, 5.74) is 8.18. The van der Waals surface area contributed by atoms with Crippen molar-refractivity contribution in [1.82, 2.24) is 15.0 Å². The van der Waals surface area contributed by atoms with Gasteiger partial charge in [0.2, 0.25) is 11.7 Å². The molecule has 1 aliphatic heterocycles. The van der Waals surface area contributed by atoms with Crippen molar-refractivity contribution in [2.75, 3.05) is 63.6 Å². The van der Waals surface area contributed by atoms with Crippen molar-refractivity contribution in [3.8, 4) is 28.5 Å². The maximum absolute atomic E-state index is 5.98. The van der Waals surface area contributed by atoms with E-state index >= 15 is 0 Å². The van der Waals surface area contributed by atoms with E-state index in [0.717, 1.165) is 24.5 Å². The fourth-order valence-corrected chi connectivity index (χ4v) is 3.50. The highest BCUT2D eigenvalue weighted by molar-refractivity contribution is 5.70. The number of aromatic nitrogens is 3. The second-order valence-corrected chi connectivity index (χ2v) is 7.04. The van der Waals surface area contributed by atoms with Crippen LogP contribution in [0.5, 0.6) is 17.2 Å². The maximum Gasteiger partial charge on any atom is 0.222 e. The number of methoxy groups -OCH3 is 3. The van der Waals surface area contributed by atoms with Crippen LogP contribution in [-0.4, -0.2) is 62.6 Å². The summed E-state index contributed by atoms with van der Waals surface area (Å²) in [5, 5.41) is 3.23. The number of rotatable bonds is 7. The van der Waals surface area contributed by atoms with Gasteiger partial charge < -0.3 is 34.9 Å². The third-order valence-corrected chi connectivity index (χ3v) is 5.06. The molecule has 3 heterocycles. The van der Waals surface area contributed by atoms with Gasteiger partial charge in [0, 0.05) is 48.7 Å². The number of nitrogens with two attached hydrogens (primary N) is 1. The molecule has 1 aliphatic rings. The molecule has 1 aromatic carbocycles. The Balaban J connectivity index is 1.59. The number of nitrogens with zero attached hydrogens (tertiary/aromatic N) is 4. The second-order valence-electron chi connectivity index (χ2n) is 7.04. The van der Waals surface area contributed by atoms with E-state index in [2.05, 4.69) is 25.2 Å². The molecule has 0 radical (unpaired) electrons. The molecule has 3 N–H and O–H groups in total. The van der Waals surface area contributed by atoms with Crippen LogP contribution in [0.25, 0.3) is 11.3 Å². The summed E-state index contributed by atoms with van der Waals surface area (Å²) in [5.74, 6) is 3.15. The van der Waals surface area contributed by atoms with Crippen molar-refractivity contribution in [3.63, 3.8) is 0 Å². The molecule has 1 fully saturated rings. The Morgan fingerprint density at radius 1 is 0.969 bits per heavy atom. The van der Waals surface area contributed by atoms with E-state index in [1.54, 1.807) is 39.7 Å². The maximum atomic E-state index is 5.98. The van der Waals surface area contributed by atoms with Gasteiger partial charge in [0.15, 0.2) is 11.5 Å². The monoisotopic (exact) mass is 438 g/mol. The Morgan fingerprint density at radius 2 is 1.69 bits per heavy atom. The molecular formula is C22H26N6O4. The molecule has 32 heavy (non-hydrogen) atoms. The molecule has 1 saturated heterocycles. The molecule has 10 nitrogen and oxygen atoms in total. The van der Waals surface area contributed by atoms with E-state index < -0.39 is 0 Å². The fraction of sp³-hybridized carbons (Fsp3) is 0.318. The van der Waals surface area contributed by atoms with E-state index in [1.807, 2.05) is 18.2 Å². The summed E-state index contributed by atoms with van der Waals surface area (Å²) in [6.07, 6.45) is 1.79. The third-order valence-electron chi connectivity index (χ3n) is 5.06. The number of nitrogen functional groups attached to an aromatic ring is 1. The molecule has 0 unspecified atom stereocenters. The summed E-state index contributed by atoms with van der Waals surface area (Å²) in [4.78, 5) is 15.4. The Bertz CT molecular complexity index is 1050. The number of anilines is 4. The minimum absolute atomic E-state index is 0.148. The topological polar surface area (TPSA) is 117 Å². The zero-order valence-electron chi connectivity index (χ0n) is 18.3. The van der Waals surface area contributed by atoms with Gasteiger partial charge in [0.25, 0.3) is 0 Å². The van der Waals surface area contributed by atoms with Crippen LogP contribution in [0.2, 0.25) is 0 Å². The van der Waals surface area contributed by atoms with Crippen LogP contribution in [0.3, 0.4) is 0 Å². The summed E-state index contributed by atoms with van der Waals surface area (Å²) in [6, 6.07) is 9.34. The smallest absolute Gasteiger partial charge is 0.222 e. The lowest BCUT2D eigenvalue weighted by Gasteiger charge is -2.27. The number of benzene rings is 1. The molecule has 4 rings (SSSR count). The molecule has 0 atom stereocenters. The van der Waals surface area contributed by atoms with Gasteiger partial charge >= 0.3 is 0 Å². The van der Waals surface area contributed by atoms with Crippen LogP contribution in [0.15, 0.2) is 36.5 Å². The van der Waals surface area contributed by atoms with Gasteiger partial charge in [0.1, 0.15) is 11.6 Å². The van der Waals surface area contributed by atoms with Crippen molar-refractivity contribution in [3.05, 3.63) is 36.5 Å². The van der Waals surface area contributed by atoms with E-state index in [9.17, 15) is 0 Å². The number of morpholine rings is 1. The average Bonchev–Trinajstić information content (AvgIpc) is 2.83. The lowest BCUT2D eigenvalue weighted by atomic mass is 10.2. The highest BCUT2D eigenvalue weighted by Gasteiger charge is 2.15. The highest BCUT2D eigenvalue weighted by Crippen LogP contribution is 2.40. The van der Waals surface area contributed by atoms with E-state index in [4.69, 9.17) is 24.7 Å². The van der Waals surface area contributed by atoms with Gasteiger partial charge in [-0.05, 0) is 12.1 Å². The first-order valence-corrected chi connectivity index (χ1v) is 10.1. The van der Waals surface area contributed by atoms with Gasteiger partial charge in [-0.25, -0.2) is 9.97 Å². The van der Waals surface area contributed by atoms with Crippen LogP contribution < -0.4 is 30.2 Å². The van der Waals surface area contributed by atoms with Crippen LogP contribution in [0.4, 0.5) is 23.3 Å². The Morgan fingerprint density at radius 3 is 2.28 bits per heavy atom. The van der Waals surface area contributed by atoms with Gasteiger partial charge in [-0.2, -0.15) is 4.98 Å². The molecule has 0 spiro atoms. The normalized spacial score (nSPS) is 13.5. The molecule has 3 aromatic rings. The largest absolute Gasteiger partial charge is 0.493 e. The first-order valence-electron chi connectivity index (χ1n) is 10.1. The summed E-state index contributed by atoms with van der Waals surface area (Å²) in [7, 11) is 4.69. The SMILES string of the molecule is COc1cc(Nc2cc(-c3ccc(N4CCOCC4)nc3)nc(N)n2)cc(OC)c1OC. The van der Waals surface area contributed by atoms with Crippen LogP contribution >= 0.6 is 0 Å². The molecular weight excluding hydrogens is 412 g/mol. The Labute approximate surface area is 186 Å². The van der Waals surface area contributed by atoms with Crippen LogP contribution in [0, 0.1) is 0 Å². The molecule has 0 amide bonds. The Hall–Kier alpha value is -3.79. The molecule has 0 saturated carbocycles. The number of hydrogen-bond donors (Lipinski definition) is 2. The van der Waals surface area contributed by atoms with Crippen LogP contribution in [-0.2, 0) is 4.74 Å². The number of ether oxygens (including phenoxy) is 4. The fourth-order valence-electron chi connectivity index (χ4n) is 3.50. The zero-order valence-corrected chi connectivity index (χ0v) is 18.3. The number of pyridine rings is 1. The van der Waals surface area contributed by atoms with Crippen molar-refractivity contribution >= 4 is 23.3 Å². The molecule has 0 bridgehead atoms. The summed E-state index contributed by atoms with van der Waals surface area (Å²) >= 11 is 0. The molecule has 2 aromatic heterocycles. The first kappa shape index (κ1) is 21.4. The standard InChI is InChI=1S/C22H26N6O4/c1-29-17-10-15(11-18(30-2)21(17)31-3)25-19-12-16(26-22(23)27-19)14-4-5-20(24-13-14)28-6-8-32-9-7-28/h4-5,10-13H,6-9H2,1-3H3,(H3,23,25,26,27). The van der Waals surface area contributed by atoms with Gasteiger partial charge in [-0.1, -0.05) is 0 Å². The van der Waals surface area contributed by atoms with E-state index in [1.165, 1.54) is 0 Å². The minimum atomic E-state index is 0.148. The minimum Gasteiger partial charge on any atom is -0.493 e. The lowest BCUT2D eigenvalue weighted by molar-refractivity contribution is 0.122. The predicted octanol–water partition coefficient (Wildman–Crippen LogP) is 2.73. The highest BCUT2D eigenvalue weighted by atomic mass is 16.5. The van der Waals surface area contributed by atoms with Crippen LogP contribution in [0.1, 0.15) is 0 Å². The van der Waals surface area contributed by atoms with Crippen molar-refractivity contribution in [2.24, 2.45) is 0 Å². The van der Waals surface area contributed by atoms with Crippen molar-refractivity contribution in [2.45, 2.75) is 0 Å². The second kappa shape index (κ2) is 9.56. The first-order chi connectivity index (χ1) is 15.6. The number of hydrogen-bond acceptors (Lipinski definition) is 10. The average molecular weight is 438 g/mol. The zero-order chi connectivity index (χ0) is 22.5. The van der Waals surface area contributed by atoms with Gasteiger partial charge in [-0.15, -0.1) is 0 Å². The van der Waals surface area contributed by atoms with Crippen molar-refractivity contribution in [1.29, 1.82) is 0 Å². The lowest BCUT2D eigenvalue weighted by Crippen LogP contribution is -2.36.